The van der Waals surface area contributed by atoms with Gasteiger partial charge in [0.25, 0.3) is 0 Å². The second-order valence-electron chi connectivity index (χ2n) is 8.69. The molecule has 156 valence electrons. The second-order valence-corrected chi connectivity index (χ2v) is 8.69. The van der Waals surface area contributed by atoms with E-state index in [1.54, 1.807) is 0 Å². The summed E-state index contributed by atoms with van der Waals surface area (Å²) in [5, 5.41) is 5.63. The molecule has 1 aliphatic heterocycles. The zero-order chi connectivity index (χ0) is 20.9. The van der Waals surface area contributed by atoms with Gasteiger partial charge in [0.2, 0.25) is 5.91 Å². The van der Waals surface area contributed by atoms with Crippen molar-refractivity contribution in [1.29, 1.82) is 0 Å². The van der Waals surface area contributed by atoms with Crippen LogP contribution in [0.2, 0.25) is 0 Å². The zero-order valence-corrected chi connectivity index (χ0v) is 18.1. The van der Waals surface area contributed by atoms with Gasteiger partial charge >= 0.3 is 0 Å². The van der Waals surface area contributed by atoms with Gasteiger partial charge in [0, 0.05) is 25.2 Å². The topological polar surface area (TPSA) is 32.3 Å². The maximum atomic E-state index is 12.6. The molecule has 3 aromatic carbocycles. The van der Waals surface area contributed by atoms with Crippen molar-refractivity contribution >= 4 is 22.4 Å². The number of rotatable bonds is 6. The van der Waals surface area contributed by atoms with Crippen LogP contribution in [0.4, 0.5) is 5.69 Å². The third-order valence-electron chi connectivity index (χ3n) is 6.42. The van der Waals surface area contributed by atoms with Crippen LogP contribution < -0.4 is 10.2 Å². The molecule has 0 aromatic heterocycles. The van der Waals surface area contributed by atoms with Crippen molar-refractivity contribution in [3.05, 3.63) is 77.9 Å². The lowest BCUT2D eigenvalue weighted by atomic mass is 9.98. The molecule has 1 atom stereocenters. The molecular formula is C27H32N2O. The SMILES string of the molecule is CC1CCN(c2ccc([C@@H](C)NC(=O)CCc3cccc4ccccc34)cc2)CC1. The third-order valence-corrected chi connectivity index (χ3v) is 6.42. The number of anilines is 1. The Morgan fingerprint density at radius 2 is 1.70 bits per heavy atom. The van der Waals surface area contributed by atoms with Crippen molar-refractivity contribution in [3.8, 4) is 0 Å². The summed E-state index contributed by atoms with van der Waals surface area (Å²) in [5.74, 6) is 0.939. The number of piperidine rings is 1. The summed E-state index contributed by atoms with van der Waals surface area (Å²) in [6, 6.07) is 23.4. The van der Waals surface area contributed by atoms with Crippen LogP contribution in [-0.4, -0.2) is 19.0 Å². The van der Waals surface area contributed by atoms with Gasteiger partial charge in [-0.1, -0.05) is 61.5 Å². The van der Waals surface area contributed by atoms with E-state index in [9.17, 15) is 4.79 Å². The highest BCUT2D eigenvalue weighted by Crippen LogP contribution is 2.25. The predicted octanol–water partition coefficient (Wildman–Crippen LogP) is 5.89. The molecule has 0 unspecified atom stereocenters. The van der Waals surface area contributed by atoms with E-state index in [2.05, 4.69) is 90.8 Å². The first-order valence-electron chi connectivity index (χ1n) is 11.2. The maximum absolute atomic E-state index is 12.6. The van der Waals surface area contributed by atoms with Crippen molar-refractivity contribution in [2.24, 2.45) is 5.92 Å². The first-order chi connectivity index (χ1) is 14.6. The van der Waals surface area contributed by atoms with Crippen LogP contribution in [0.5, 0.6) is 0 Å². The molecule has 3 nitrogen and oxygen atoms in total. The fourth-order valence-electron chi connectivity index (χ4n) is 4.40. The summed E-state index contributed by atoms with van der Waals surface area (Å²) in [6.07, 6.45) is 3.80. The minimum atomic E-state index is 0.0143. The Hall–Kier alpha value is -2.81. The molecule has 0 aliphatic carbocycles. The number of hydrogen-bond donors (Lipinski definition) is 1. The van der Waals surface area contributed by atoms with Crippen molar-refractivity contribution < 1.29 is 4.79 Å². The monoisotopic (exact) mass is 400 g/mol. The quantitative estimate of drug-likeness (QED) is 0.560. The molecule has 4 rings (SSSR count). The molecule has 1 aliphatic rings. The highest BCUT2D eigenvalue weighted by Gasteiger charge is 2.16. The zero-order valence-electron chi connectivity index (χ0n) is 18.1. The van der Waals surface area contributed by atoms with Gasteiger partial charge in [-0.25, -0.2) is 0 Å². The van der Waals surface area contributed by atoms with Gasteiger partial charge in [-0.3, -0.25) is 4.79 Å². The average molecular weight is 401 g/mol. The molecular weight excluding hydrogens is 368 g/mol. The van der Waals surface area contributed by atoms with E-state index < -0.39 is 0 Å². The largest absolute Gasteiger partial charge is 0.372 e. The van der Waals surface area contributed by atoms with Crippen molar-refractivity contribution in [3.63, 3.8) is 0 Å². The first-order valence-corrected chi connectivity index (χ1v) is 11.2. The van der Waals surface area contributed by atoms with Gasteiger partial charge in [-0.05, 0) is 66.1 Å². The summed E-state index contributed by atoms with van der Waals surface area (Å²) >= 11 is 0. The van der Waals surface area contributed by atoms with E-state index >= 15 is 0 Å². The van der Waals surface area contributed by atoms with Crippen LogP contribution in [0.1, 0.15) is 50.3 Å². The van der Waals surface area contributed by atoms with Gasteiger partial charge in [0.15, 0.2) is 0 Å². The van der Waals surface area contributed by atoms with Crippen LogP contribution >= 0.6 is 0 Å². The first kappa shape index (κ1) is 20.5. The standard InChI is InChI=1S/C27H32N2O/c1-20-16-18-29(19-17-20)25-13-10-22(11-14-25)21(2)28-27(30)15-12-24-8-5-7-23-6-3-4-9-26(23)24/h3-11,13-14,20-21H,12,15-19H2,1-2H3,(H,28,30)/t21-/m1/s1. The van der Waals surface area contributed by atoms with Gasteiger partial charge in [-0.15, -0.1) is 0 Å². The molecule has 30 heavy (non-hydrogen) atoms. The molecule has 0 bridgehead atoms. The Balaban J connectivity index is 1.32. The summed E-state index contributed by atoms with van der Waals surface area (Å²) in [7, 11) is 0. The predicted molar refractivity (Wildman–Crippen MR) is 126 cm³/mol. The van der Waals surface area contributed by atoms with Crippen molar-refractivity contribution in [2.45, 2.75) is 45.6 Å². The number of nitrogens with one attached hydrogen (secondary N) is 1. The van der Waals surface area contributed by atoms with Crippen LogP contribution in [0.15, 0.2) is 66.7 Å². The average Bonchev–Trinajstić information content (AvgIpc) is 2.78. The highest BCUT2D eigenvalue weighted by molar-refractivity contribution is 5.86. The molecule has 0 radical (unpaired) electrons. The molecule has 0 spiro atoms. The van der Waals surface area contributed by atoms with E-state index in [1.165, 1.54) is 34.9 Å². The van der Waals surface area contributed by atoms with E-state index in [-0.39, 0.29) is 11.9 Å². The molecule has 3 aromatic rings. The number of benzene rings is 3. The minimum absolute atomic E-state index is 0.0143. The molecule has 1 amide bonds. The van der Waals surface area contributed by atoms with E-state index in [0.717, 1.165) is 31.0 Å². The maximum Gasteiger partial charge on any atom is 0.220 e. The minimum Gasteiger partial charge on any atom is -0.372 e. The summed E-state index contributed by atoms with van der Waals surface area (Å²) in [4.78, 5) is 15.0. The lowest BCUT2D eigenvalue weighted by molar-refractivity contribution is -0.121. The Kier molecular flexibility index (Phi) is 6.37. The fraction of sp³-hybridized carbons (Fsp3) is 0.370. The normalized spacial score (nSPS) is 15.9. The van der Waals surface area contributed by atoms with Crippen LogP contribution in [-0.2, 0) is 11.2 Å². The smallest absolute Gasteiger partial charge is 0.220 e. The Morgan fingerprint density at radius 1 is 1.00 bits per heavy atom. The van der Waals surface area contributed by atoms with Crippen molar-refractivity contribution in [2.75, 3.05) is 18.0 Å². The number of carbonyl (C=O) groups is 1. The summed E-state index contributed by atoms with van der Waals surface area (Å²) < 4.78 is 0. The van der Waals surface area contributed by atoms with E-state index in [0.29, 0.717) is 6.42 Å². The van der Waals surface area contributed by atoms with Gasteiger partial charge in [0.05, 0.1) is 6.04 Å². The number of amides is 1. The third kappa shape index (κ3) is 4.84. The lowest BCUT2D eigenvalue weighted by Gasteiger charge is -2.32. The number of fused-ring (bicyclic) bond motifs is 1. The Morgan fingerprint density at radius 3 is 2.47 bits per heavy atom. The van der Waals surface area contributed by atoms with Crippen molar-refractivity contribution in [1.82, 2.24) is 5.32 Å². The molecule has 1 N–H and O–H groups in total. The van der Waals surface area contributed by atoms with Crippen LogP contribution in [0.25, 0.3) is 10.8 Å². The van der Waals surface area contributed by atoms with E-state index in [4.69, 9.17) is 0 Å². The van der Waals surface area contributed by atoms with Crippen LogP contribution in [0, 0.1) is 5.92 Å². The van der Waals surface area contributed by atoms with Crippen LogP contribution in [0.3, 0.4) is 0 Å². The summed E-state index contributed by atoms with van der Waals surface area (Å²) in [6.45, 7) is 6.68. The molecule has 0 saturated carbocycles. The number of aryl methyl sites for hydroxylation is 1. The summed E-state index contributed by atoms with van der Waals surface area (Å²) in [5.41, 5.74) is 3.68. The molecule has 1 heterocycles. The molecule has 1 saturated heterocycles. The fourth-order valence-corrected chi connectivity index (χ4v) is 4.40. The lowest BCUT2D eigenvalue weighted by Crippen LogP contribution is -2.32. The number of nitrogens with zero attached hydrogens (tertiary/aromatic N) is 1. The van der Waals surface area contributed by atoms with Gasteiger partial charge in [-0.2, -0.15) is 0 Å². The second kappa shape index (κ2) is 9.34. The van der Waals surface area contributed by atoms with E-state index in [1.807, 2.05) is 0 Å². The Bertz CT molecular complexity index is 982. The molecule has 3 heteroatoms. The number of carbonyl (C=O) groups excluding carboxylic acids is 1. The van der Waals surface area contributed by atoms with Gasteiger partial charge < -0.3 is 10.2 Å². The van der Waals surface area contributed by atoms with Gasteiger partial charge in [0.1, 0.15) is 0 Å². The highest BCUT2D eigenvalue weighted by atomic mass is 16.1. The Labute approximate surface area is 180 Å². The molecule has 1 fully saturated rings. The number of hydrogen-bond acceptors (Lipinski definition) is 2.